The molecule has 0 atom stereocenters. The van der Waals surface area contributed by atoms with E-state index in [2.05, 4.69) is 24.5 Å². The molecule has 0 heterocycles. The summed E-state index contributed by atoms with van der Waals surface area (Å²) in [6, 6.07) is 0.455. The molecule has 0 saturated carbocycles. The van der Waals surface area contributed by atoms with Crippen molar-refractivity contribution in [2.45, 2.75) is 39.2 Å². The highest BCUT2D eigenvalue weighted by Crippen LogP contribution is 1.97. The maximum atomic E-state index is 11.7. The van der Waals surface area contributed by atoms with Gasteiger partial charge in [-0.15, -0.1) is 0 Å². The first-order chi connectivity index (χ1) is 7.97. The number of nitrogens with zero attached hydrogens (tertiary/aromatic N) is 1. The van der Waals surface area contributed by atoms with Crippen molar-refractivity contribution in [1.82, 2.24) is 15.5 Å². The fourth-order valence-corrected chi connectivity index (χ4v) is 1.34. The average molecular weight is 243 g/mol. The summed E-state index contributed by atoms with van der Waals surface area (Å²) in [4.78, 5) is 24.3. The third-order valence-corrected chi connectivity index (χ3v) is 2.50. The Hall–Kier alpha value is -1.10. The quantitative estimate of drug-likeness (QED) is 0.605. The Bertz CT molecular complexity index is 242. The predicted molar refractivity (Wildman–Crippen MR) is 68.7 cm³/mol. The van der Waals surface area contributed by atoms with Crippen molar-refractivity contribution in [3.8, 4) is 0 Å². The van der Waals surface area contributed by atoms with Crippen LogP contribution in [0.2, 0.25) is 0 Å². The second-order valence-electron chi connectivity index (χ2n) is 4.45. The van der Waals surface area contributed by atoms with Crippen LogP contribution in [0.4, 0.5) is 0 Å². The molecule has 100 valence electrons. The molecule has 0 radical (unpaired) electrons. The van der Waals surface area contributed by atoms with E-state index >= 15 is 0 Å². The predicted octanol–water partition coefficient (Wildman–Crippen LogP) is 0.359. The molecular formula is C12H25N3O2. The summed E-state index contributed by atoms with van der Waals surface area (Å²) in [6.45, 7) is 5.50. The van der Waals surface area contributed by atoms with Gasteiger partial charge in [0.25, 0.3) is 0 Å². The summed E-state index contributed by atoms with van der Waals surface area (Å²) in [5, 5.41) is 5.80. The Morgan fingerprint density at radius 2 is 1.88 bits per heavy atom. The van der Waals surface area contributed by atoms with E-state index < -0.39 is 0 Å². The van der Waals surface area contributed by atoms with E-state index in [0.717, 1.165) is 13.0 Å². The second kappa shape index (κ2) is 8.98. The van der Waals surface area contributed by atoms with Crippen molar-refractivity contribution in [3.63, 3.8) is 0 Å². The zero-order valence-electron chi connectivity index (χ0n) is 11.4. The minimum atomic E-state index is -0.0360. The molecule has 0 unspecified atom stereocenters. The molecule has 0 aliphatic carbocycles. The Balaban J connectivity index is 3.64. The largest absolute Gasteiger partial charge is 0.359 e. The third-order valence-electron chi connectivity index (χ3n) is 2.50. The summed E-state index contributed by atoms with van der Waals surface area (Å²) in [5.74, 6) is 0.0607. The van der Waals surface area contributed by atoms with Crippen molar-refractivity contribution < 1.29 is 9.59 Å². The number of hydrogen-bond acceptors (Lipinski definition) is 3. The first-order valence-corrected chi connectivity index (χ1v) is 6.15. The van der Waals surface area contributed by atoms with Crippen LogP contribution < -0.4 is 10.6 Å². The number of rotatable bonds is 8. The van der Waals surface area contributed by atoms with Crippen LogP contribution in [0.5, 0.6) is 0 Å². The normalized spacial score (nSPS) is 10.4. The van der Waals surface area contributed by atoms with Crippen LogP contribution in [0.15, 0.2) is 0 Å². The molecule has 0 bridgehead atoms. The molecule has 0 aliphatic heterocycles. The summed E-state index contributed by atoms with van der Waals surface area (Å²) < 4.78 is 0. The summed E-state index contributed by atoms with van der Waals surface area (Å²) >= 11 is 0. The van der Waals surface area contributed by atoms with E-state index in [1.807, 2.05) is 0 Å². The molecular weight excluding hydrogens is 218 g/mol. The van der Waals surface area contributed by atoms with Gasteiger partial charge in [0.05, 0.1) is 0 Å². The number of carbonyl (C=O) groups excluding carboxylic acids is 2. The van der Waals surface area contributed by atoms with Crippen molar-refractivity contribution in [2.75, 3.05) is 27.2 Å². The molecule has 0 aromatic heterocycles. The number of amides is 2. The van der Waals surface area contributed by atoms with Crippen LogP contribution in [0.3, 0.4) is 0 Å². The average Bonchev–Trinajstić information content (AvgIpc) is 2.30. The highest BCUT2D eigenvalue weighted by Gasteiger charge is 2.09. The topological polar surface area (TPSA) is 61.4 Å². The van der Waals surface area contributed by atoms with Gasteiger partial charge in [-0.05, 0) is 13.0 Å². The van der Waals surface area contributed by atoms with Crippen LogP contribution in [0, 0.1) is 0 Å². The molecule has 0 aliphatic rings. The molecule has 0 fully saturated rings. The van der Waals surface area contributed by atoms with Crippen molar-refractivity contribution >= 4 is 11.8 Å². The van der Waals surface area contributed by atoms with Gasteiger partial charge in [-0.1, -0.05) is 13.8 Å². The van der Waals surface area contributed by atoms with Crippen LogP contribution in [0.1, 0.15) is 33.1 Å². The molecule has 17 heavy (non-hydrogen) atoms. The van der Waals surface area contributed by atoms with Crippen LogP contribution in [-0.2, 0) is 9.59 Å². The minimum absolute atomic E-state index is 0.0360. The fraction of sp³-hybridized carbons (Fsp3) is 0.833. The molecule has 2 N–H and O–H groups in total. The number of nitrogens with one attached hydrogen (secondary N) is 2. The summed E-state index contributed by atoms with van der Waals surface area (Å²) in [5.41, 5.74) is 0. The van der Waals surface area contributed by atoms with E-state index in [1.54, 1.807) is 19.0 Å². The van der Waals surface area contributed by atoms with E-state index in [-0.39, 0.29) is 11.8 Å². The van der Waals surface area contributed by atoms with E-state index in [0.29, 0.717) is 25.4 Å². The summed E-state index contributed by atoms with van der Waals surface area (Å²) in [7, 11) is 3.34. The molecule has 0 aromatic carbocycles. The third kappa shape index (κ3) is 8.68. The fourth-order valence-electron chi connectivity index (χ4n) is 1.34. The lowest BCUT2D eigenvalue weighted by Gasteiger charge is -2.16. The smallest absolute Gasteiger partial charge is 0.222 e. The summed E-state index contributed by atoms with van der Waals surface area (Å²) in [6.07, 6.45) is 1.73. The lowest BCUT2D eigenvalue weighted by Crippen LogP contribution is -2.32. The highest BCUT2D eigenvalue weighted by atomic mass is 16.2. The zero-order chi connectivity index (χ0) is 13.3. The van der Waals surface area contributed by atoms with Crippen molar-refractivity contribution in [3.05, 3.63) is 0 Å². The molecule has 0 rings (SSSR count). The Morgan fingerprint density at radius 3 is 2.41 bits per heavy atom. The standard InChI is InChI=1S/C12H25N3O2/c1-10(2)14-8-5-6-12(17)15(4)9-7-11(16)13-3/h10,14H,5-9H2,1-4H3,(H,13,16). The van der Waals surface area contributed by atoms with Gasteiger partial charge < -0.3 is 15.5 Å². The van der Waals surface area contributed by atoms with Gasteiger partial charge in [0.2, 0.25) is 11.8 Å². The van der Waals surface area contributed by atoms with E-state index in [1.165, 1.54) is 0 Å². The Labute approximate surface area is 104 Å². The van der Waals surface area contributed by atoms with Gasteiger partial charge in [0, 0.05) is 39.5 Å². The van der Waals surface area contributed by atoms with Gasteiger partial charge in [-0.25, -0.2) is 0 Å². The molecule has 0 aromatic rings. The van der Waals surface area contributed by atoms with Crippen LogP contribution in [-0.4, -0.2) is 49.9 Å². The van der Waals surface area contributed by atoms with E-state index in [4.69, 9.17) is 0 Å². The van der Waals surface area contributed by atoms with E-state index in [9.17, 15) is 9.59 Å². The molecule has 2 amide bonds. The highest BCUT2D eigenvalue weighted by molar-refractivity contribution is 5.78. The van der Waals surface area contributed by atoms with Crippen molar-refractivity contribution in [1.29, 1.82) is 0 Å². The Morgan fingerprint density at radius 1 is 1.24 bits per heavy atom. The van der Waals surface area contributed by atoms with Crippen LogP contribution in [0.25, 0.3) is 0 Å². The van der Waals surface area contributed by atoms with Gasteiger partial charge in [0.15, 0.2) is 0 Å². The van der Waals surface area contributed by atoms with Gasteiger partial charge in [-0.3, -0.25) is 9.59 Å². The first-order valence-electron chi connectivity index (χ1n) is 6.15. The maximum Gasteiger partial charge on any atom is 0.222 e. The zero-order valence-corrected chi connectivity index (χ0v) is 11.4. The monoisotopic (exact) mass is 243 g/mol. The SMILES string of the molecule is CNC(=O)CCN(C)C(=O)CCCNC(C)C. The second-order valence-corrected chi connectivity index (χ2v) is 4.45. The van der Waals surface area contributed by atoms with Crippen molar-refractivity contribution in [2.24, 2.45) is 0 Å². The number of hydrogen-bond donors (Lipinski definition) is 2. The Kier molecular flexibility index (Phi) is 8.40. The lowest BCUT2D eigenvalue weighted by atomic mass is 10.2. The van der Waals surface area contributed by atoms with Gasteiger partial charge in [-0.2, -0.15) is 0 Å². The van der Waals surface area contributed by atoms with Crippen LogP contribution >= 0.6 is 0 Å². The molecule has 0 spiro atoms. The maximum absolute atomic E-state index is 11.7. The van der Waals surface area contributed by atoms with Gasteiger partial charge >= 0.3 is 0 Å². The molecule has 5 nitrogen and oxygen atoms in total. The van der Waals surface area contributed by atoms with Gasteiger partial charge in [0.1, 0.15) is 0 Å². The molecule has 5 heteroatoms. The first kappa shape index (κ1) is 15.9. The molecule has 0 saturated heterocycles. The minimum Gasteiger partial charge on any atom is -0.359 e. The lowest BCUT2D eigenvalue weighted by molar-refractivity contribution is -0.130. The number of carbonyl (C=O) groups is 2.